The number of ether oxygens (including phenoxy) is 1. The Hall–Kier alpha value is -1.75. The molecule has 4 nitrogen and oxygen atoms in total. The first-order valence-electron chi connectivity index (χ1n) is 6.94. The normalized spacial score (nSPS) is 14.5. The topological polar surface area (TPSA) is 55.4 Å². The number of nitrogens with one attached hydrogen (secondary N) is 1. The first-order chi connectivity index (χ1) is 10.0. The van der Waals surface area contributed by atoms with Crippen LogP contribution in [-0.4, -0.2) is 24.1 Å². The van der Waals surface area contributed by atoms with Gasteiger partial charge in [0.25, 0.3) is 0 Å². The minimum Gasteiger partial charge on any atom is -0.462 e. The number of esters is 1. The van der Waals surface area contributed by atoms with Gasteiger partial charge in [0.1, 0.15) is 5.57 Å². The average molecular weight is 305 g/mol. The van der Waals surface area contributed by atoms with E-state index in [1.54, 1.807) is 0 Å². The van der Waals surface area contributed by atoms with Crippen LogP contribution in [0.15, 0.2) is 28.8 Å². The van der Waals surface area contributed by atoms with Crippen molar-refractivity contribution in [3.63, 3.8) is 0 Å². The van der Waals surface area contributed by atoms with Gasteiger partial charge in [0.2, 0.25) is 0 Å². The second-order valence-electron chi connectivity index (χ2n) is 4.98. The summed E-state index contributed by atoms with van der Waals surface area (Å²) < 4.78 is 5.09. The highest BCUT2D eigenvalue weighted by molar-refractivity contribution is 8.04. The highest BCUT2D eigenvalue weighted by atomic mass is 32.2. The zero-order valence-electron chi connectivity index (χ0n) is 12.5. The fourth-order valence-corrected chi connectivity index (χ4v) is 2.88. The highest BCUT2D eigenvalue weighted by Gasteiger charge is 2.31. The molecule has 0 aliphatic carbocycles. The summed E-state index contributed by atoms with van der Waals surface area (Å²) in [5, 5.41) is 3.76. The van der Waals surface area contributed by atoms with Crippen LogP contribution in [0, 0.1) is 13.8 Å². The summed E-state index contributed by atoms with van der Waals surface area (Å²) in [6, 6.07) is 5.95. The molecule has 1 N–H and O–H groups in total. The van der Waals surface area contributed by atoms with Gasteiger partial charge in [0.05, 0.1) is 17.4 Å². The smallest absolute Gasteiger partial charge is 0.344 e. The zero-order valence-corrected chi connectivity index (χ0v) is 13.3. The van der Waals surface area contributed by atoms with E-state index in [4.69, 9.17) is 4.74 Å². The molecule has 0 atom stereocenters. The summed E-state index contributed by atoms with van der Waals surface area (Å²) >= 11 is 1.34. The van der Waals surface area contributed by atoms with E-state index in [1.807, 2.05) is 39.0 Å². The van der Waals surface area contributed by atoms with Crippen LogP contribution in [0.2, 0.25) is 0 Å². The third-order valence-electron chi connectivity index (χ3n) is 3.26. The van der Waals surface area contributed by atoms with E-state index in [-0.39, 0.29) is 17.1 Å². The van der Waals surface area contributed by atoms with Gasteiger partial charge < -0.3 is 10.1 Å². The van der Waals surface area contributed by atoms with Crippen LogP contribution >= 0.6 is 11.8 Å². The molecule has 0 bridgehead atoms. The second kappa shape index (κ2) is 6.80. The quantitative estimate of drug-likeness (QED) is 0.669. The van der Waals surface area contributed by atoms with Gasteiger partial charge in [-0.15, -0.1) is 0 Å². The van der Waals surface area contributed by atoms with Crippen LogP contribution < -0.4 is 5.32 Å². The van der Waals surface area contributed by atoms with E-state index in [9.17, 15) is 9.59 Å². The molecule has 1 heterocycles. The molecule has 1 aliphatic rings. The Kier molecular flexibility index (Phi) is 5.07. The minimum atomic E-state index is -0.529. The summed E-state index contributed by atoms with van der Waals surface area (Å²) in [6.45, 7) is 6.32. The first-order valence-corrected chi connectivity index (χ1v) is 7.93. The van der Waals surface area contributed by atoms with Crippen LogP contribution in [0.25, 0.3) is 0 Å². The van der Waals surface area contributed by atoms with Gasteiger partial charge in [-0.2, -0.15) is 0 Å². The Labute approximate surface area is 128 Å². The van der Waals surface area contributed by atoms with Crippen molar-refractivity contribution >= 4 is 29.2 Å². The van der Waals surface area contributed by atoms with Crippen molar-refractivity contribution in [3.05, 3.63) is 39.9 Å². The number of hydrogen-bond acceptors (Lipinski definition) is 5. The molecule has 2 rings (SSSR count). The number of rotatable bonds is 5. The van der Waals surface area contributed by atoms with Gasteiger partial charge in [-0.3, -0.25) is 4.79 Å². The van der Waals surface area contributed by atoms with E-state index in [0.717, 1.165) is 17.7 Å². The summed E-state index contributed by atoms with van der Waals surface area (Å²) in [5.74, 6) is -0.422. The molecule has 1 aromatic rings. The molecule has 1 aliphatic heterocycles. The maximum atomic E-state index is 12.0. The largest absolute Gasteiger partial charge is 0.462 e. The molecule has 5 heteroatoms. The Bertz CT molecular complexity index is 608. The molecule has 0 saturated heterocycles. The summed E-state index contributed by atoms with van der Waals surface area (Å²) in [5.41, 5.74) is 3.38. The summed E-state index contributed by atoms with van der Waals surface area (Å²) in [7, 11) is 0. The van der Waals surface area contributed by atoms with E-state index in [0.29, 0.717) is 11.6 Å². The summed E-state index contributed by atoms with van der Waals surface area (Å²) in [6.07, 6.45) is 0.736. The average Bonchev–Trinajstić information content (AvgIpc) is 2.81. The van der Waals surface area contributed by atoms with Gasteiger partial charge >= 0.3 is 5.97 Å². The maximum Gasteiger partial charge on any atom is 0.344 e. The molecular weight excluding hydrogens is 286 g/mol. The number of benzene rings is 1. The number of carbonyl (C=O) groups is 2. The number of ketones is 1. The molecule has 0 saturated carbocycles. The van der Waals surface area contributed by atoms with Gasteiger partial charge in [-0.1, -0.05) is 24.8 Å². The zero-order chi connectivity index (χ0) is 15.4. The van der Waals surface area contributed by atoms with Crippen molar-refractivity contribution in [1.29, 1.82) is 0 Å². The van der Waals surface area contributed by atoms with Gasteiger partial charge in [0, 0.05) is 5.69 Å². The molecule has 112 valence electrons. The van der Waals surface area contributed by atoms with Crippen molar-refractivity contribution in [2.75, 3.05) is 17.7 Å². The lowest BCUT2D eigenvalue weighted by atomic mass is 10.1. The standard InChI is InChI=1S/C16H19NO3S/c1-4-7-20-16(19)14-13(18)9-21-15(14)17-12-6-5-10(2)11(3)8-12/h5-6,8,17H,4,7,9H2,1-3H3. The fraction of sp³-hybridized carbons (Fsp3) is 0.375. The first kappa shape index (κ1) is 15.6. The van der Waals surface area contributed by atoms with Crippen molar-refractivity contribution in [3.8, 4) is 0 Å². The summed E-state index contributed by atoms with van der Waals surface area (Å²) in [4.78, 5) is 23.9. The minimum absolute atomic E-state index is 0.145. The Balaban J connectivity index is 2.22. The van der Waals surface area contributed by atoms with Crippen LogP contribution in [0.1, 0.15) is 24.5 Å². The SMILES string of the molecule is CCCOC(=O)C1=C(Nc2ccc(C)c(C)c2)SCC1=O. The lowest BCUT2D eigenvalue weighted by molar-refractivity contribution is -0.140. The predicted molar refractivity (Wildman–Crippen MR) is 85.3 cm³/mol. The number of Topliss-reactive ketones (excluding diaryl/α,β-unsaturated/α-hetero) is 1. The van der Waals surface area contributed by atoms with E-state index < -0.39 is 5.97 Å². The molecule has 0 fully saturated rings. The Morgan fingerprint density at radius 1 is 1.33 bits per heavy atom. The number of thioether (sulfide) groups is 1. The van der Waals surface area contributed by atoms with Crippen molar-refractivity contribution in [1.82, 2.24) is 0 Å². The van der Waals surface area contributed by atoms with Gasteiger partial charge in [-0.05, 0) is 43.5 Å². The molecule has 1 aromatic carbocycles. The van der Waals surface area contributed by atoms with Crippen LogP contribution in [0.4, 0.5) is 5.69 Å². The maximum absolute atomic E-state index is 12.0. The number of aryl methyl sites for hydroxylation is 2. The Morgan fingerprint density at radius 2 is 2.10 bits per heavy atom. The van der Waals surface area contributed by atoms with Crippen molar-refractivity contribution in [2.45, 2.75) is 27.2 Å². The van der Waals surface area contributed by atoms with Crippen LogP contribution in [0.3, 0.4) is 0 Å². The van der Waals surface area contributed by atoms with Gasteiger partial charge in [0.15, 0.2) is 5.78 Å². The molecular formula is C16H19NO3S. The molecule has 0 unspecified atom stereocenters. The van der Waals surface area contributed by atoms with Crippen molar-refractivity contribution in [2.24, 2.45) is 0 Å². The molecule has 0 spiro atoms. The lowest BCUT2D eigenvalue weighted by Gasteiger charge is -2.10. The van der Waals surface area contributed by atoms with E-state index in [2.05, 4.69) is 5.32 Å². The number of carbonyl (C=O) groups excluding carboxylic acids is 2. The molecule has 21 heavy (non-hydrogen) atoms. The van der Waals surface area contributed by atoms with Crippen LogP contribution in [0.5, 0.6) is 0 Å². The molecule has 0 radical (unpaired) electrons. The van der Waals surface area contributed by atoms with Crippen LogP contribution in [-0.2, 0) is 14.3 Å². The molecule has 0 amide bonds. The third-order valence-corrected chi connectivity index (χ3v) is 4.26. The van der Waals surface area contributed by atoms with Crippen molar-refractivity contribution < 1.29 is 14.3 Å². The number of hydrogen-bond donors (Lipinski definition) is 1. The fourth-order valence-electron chi connectivity index (χ4n) is 1.93. The third kappa shape index (κ3) is 3.67. The predicted octanol–water partition coefficient (Wildman–Crippen LogP) is 3.20. The number of anilines is 1. The monoisotopic (exact) mass is 305 g/mol. The lowest BCUT2D eigenvalue weighted by Crippen LogP contribution is -2.16. The molecule has 0 aromatic heterocycles. The van der Waals surface area contributed by atoms with E-state index in [1.165, 1.54) is 17.3 Å². The second-order valence-corrected chi connectivity index (χ2v) is 5.96. The van der Waals surface area contributed by atoms with E-state index >= 15 is 0 Å². The highest BCUT2D eigenvalue weighted by Crippen LogP contribution is 2.31. The van der Waals surface area contributed by atoms with Gasteiger partial charge in [-0.25, -0.2) is 4.79 Å². The Morgan fingerprint density at radius 3 is 2.76 bits per heavy atom.